The van der Waals surface area contributed by atoms with Gasteiger partial charge in [-0.2, -0.15) is 0 Å². The van der Waals surface area contributed by atoms with E-state index in [0.717, 1.165) is 4.90 Å². The highest BCUT2D eigenvalue weighted by molar-refractivity contribution is 6.21. The highest BCUT2D eigenvalue weighted by atomic mass is 16.5. The van der Waals surface area contributed by atoms with Gasteiger partial charge in [0, 0.05) is 17.7 Å². The standard InChI is InChI=1S/C25H27N3O7/c1-3-34-21(29)14-13-20(25(33)35-4-2)27-22(30)16-9-11-17(12-10-16)26-15-28-23(31)18-7-5-6-8-19(18)24(28)32/h5-12,20,26H,3-4,13-15H2,1-2H3,(H,27,30)/t20-/m0/s1. The number of carbonyl (C=O) groups is 5. The van der Waals surface area contributed by atoms with Crippen molar-refractivity contribution in [2.45, 2.75) is 32.7 Å². The number of hydrogen-bond acceptors (Lipinski definition) is 8. The Hall–Kier alpha value is -4.21. The molecule has 35 heavy (non-hydrogen) atoms. The predicted octanol–water partition coefficient (Wildman–Crippen LogP) is 2.36. The van der Waals surface area contributed by atoms with Gasteiger partial charge < -0.3 is 20.1 Å². The van der Waals surface area contributed by atoms with E-state index in [-0.39, 0.29) is 50.1 Å². The summed E-state index contributed by atoms with van der Waals surface area (Å²) in [7, 11) is 0. The van der Waals surface area contributed by atoms with Crippen LogP contribution < -0.4 is 10.6 Å². The second-order valence-electron chi connectivity index (χ2n) is 7.62. The van der Waals surface area contributed by atoms with Crippen LogP contribution in [0.4, 0.5) is 5.69 Å². The number of fused-ring (bicyclic) bond motifs is 1. The molecule has 10 nitrogen and oxygen atoms in total. The first-order valence-electron chi connectivity index (χ1n) is 11.3. The van der Waals surface area contributed by atoms with E-state index in [2.05, 4.69) is 10.6 Å². The maximum Gasteiger partial charge on any atom is 0.328 e. The minimum atomic E-state index is -1.00. The molecule has 3 amide bonds. The largest absolute Gasteiger partial charge is 0.466 e. The van der Waals surface area contributed by atoms with Crippen LogP contribution in [0, 0.1) is 0 Å². The zero-order valence-corrected chi connectivity index (χ0v) is 19.5. The van der Waals surface area contributed by atoms with Crippen molar-refractivity contribution >= 4 is 35.3 Å². The van der Waals surface area contributed by atoms with Crippen LogP contribution in [0.15, 0.2) is 48.5 Å². The molecule has 1 aliphatic heterocycles. The molecule has 0 bridgehead atoms. The van der Waals surface area contributed by atoms with Crippen LogP contribution in [0.3, 0.4) is 0 Å². The third-order valence-corrected chi connectivity index (χ3v) is 5.29. The Morgan fingerprint density at radius 2 is 1.49 bits per heavy atom. The van der Waals surface area contributed by atoms with Gasteiger partial charge in [0.25, 0.3) is 17.7 Å². The molecule has 184 valence electrons. The Kier molecular flexibility index (Phi) is 8.55. The van der Waals surface area contributed by atoms with Gasteiger partial charge in [0.05, 0.1) is 31.0 Å². The molecule has 1 atom stereocenters. The lowest BCUT2D eigenvalue weighted by Gasteiger charge is -2.18. The summed E-state index contributed by atoms with van der Waals surface area (Å²) in [5, 5.41) is 5.59. The zero-order chi connectivity index (χ0) is 25.4. The van der Waals surface area contributed by atoms with Crippen molar-refractivity contribution in [2.24, 2.45) is 0 Å². The van der Waals surface area contributed by atoms with E-state index >= 15 is 0 Å². The van der Waals surface area contributed by atoms with E-state index in [1.54, 1.807) is 50.2 Å². The number of anilines is 1. The van der Waals surface area contributed by atoms with Crippen molar-refractivity contribution in [1.29, 1.82) is 0 Å². The van der Waals surface area contributed by atoms with E-state index in [0.29, 0.717) is 16.8 Å². The van der Waals surface area contributed by atoms with Crippen molar-refractivity contribution in [3.63, 3.8) is 0 Å². The molecule has 1 heterocycles. The van der Waals surface area contributed by atoms with Gasteiger partial charge in [0.15, 0.2) is 0 Å². The third-order valence-electron chi connectivity index (χ3n) is 5.29. The molecule has 0 saturated heterocycles. The summed E-state index contributed by atoms with van der Waals surface area (Å²) < 4.78 is 9.87. The second kappa shape index (κ2) is 11.8. The van der Waals surface area contributed by atoms with Gasteiger partial charge >= 0.3 is 11.9 Å². The molecule has 2 aromatic rings. The average molecular weight is 482 g/mol. The Morgan fingerprint density at radius 3 is 2.06 bits per heavy atom. The van der Waals surface area contributed by atoms with Crippen LogP contribution in [0.25, 0.3) is 0 Å². The normalized spacial score (nSPS) is 13.1. The summed E-state index contributed by atoms with van der Waals surface area (Å²) in [6.07, 6.45) is 0.00158. The number of hydrogen-bond donors (Lipinski definition) is 2. The first kappa shape index (κ1) is 25.4. The lowest BCUT2D eigenvalue weighted by Crippen LogP contribution is -2.42. The molecule has 0 unspecified atom stereocenters. The fraction of sp³-hybridized carbons (Fsp3) is 0.320. The van der Waals surface area contributed by atoms with E-state index in [9.17, 15) is 24.0 Å². The number of carbonyl (C=O) groups excluding carboxylic acids is 5. The first-order valence-corrected chi connectivity index (χ1v) is 11.3. The lowest BCUT2D eigenvalue weighted by molar-refractivity contribution is -0.146. The summed E-state index contributed by atoms with van der Waals surface area (Å²) in [6.45, 7) is 3.66. The van der Waals surface area contributed by atoms with E-state index in [1.165, 1.54) is 12.1 Å². The lowest BCUT2D eigenvalue weighted by atomic mass is 10.1. The molecule has 10 heteroatoms. The van der Waals surface area contributed by atoms with Crippen molar-refractivity contribution in [3.05, 3.63) is 65.2 Å². The highest BCUT2D eigenvalue weighted by Gasteiger charge is 2.34. The first-order chi connectivity index (χ1) is 16.8. The van der Waals surface area contributed by atoms with Gasteiger partial charge in [-0.05, 0) is 56.7 Å². The highest BCUT2D eigenvalue weighted by Crippen LogP contribution is 2.22. The molecule has 2 N–H and O–H groups in total. The molecule has 0 fully saturated rings. The van der Waals surface area contributed by atoms with Gasteiger partial charge in [-0.3, -0.25) is 24.1 Å². The average Bonchev–Trinajstić information content (AvgIpc) is 3.10. The fourth-order valence-corrected chi connectivity index (χ4v) is 3.52. The van der Waals surface area contributed by atoms with Crippen molar-refractivity contribution in [1.82, 2.24) is 10.2 Å². The van der Waals surface area contributed by atoms with Gasteiger partial charge in [-0.1, -0.05) is 12.1 Å². The quantitative estimate of drug-likeness (QED) is 0.369. The smallest absolute Gasteiger partial charge is 0.328 e. The number of benzene rings is 2. The molecule has 3 rings (SSSR count). The topological polar surface area (TPSA) is 131 Å². The number of esters is 2. The van der Waals surface area contributed by atoms with Crippen molar-refractivity contribution in [3.8, 4) is 0 Å². The number of imide groups is 1. The van der Waals surface area contributed by atoms with Crippen LogP contribution in [-0.4, -0.2) is 60.5 Å². The van der Waals surface area contributed by atoms with Crippen LogP contribution in [0.2, 0.25) is 0 Å². The van der Waals surface area contributed by atoms with Crippen LogP contribution in [0.1, 0.15) is 57.8 Å². The summed E-state index contributed by atoms with van der Waals surface area (Å²) >= 11 is 0. The molecule has 1 aliphatic rings. The van der Waals surface area contributed by atoms with Crippen LogP contribution in [0.5, 0.6) is 0 Å². The molecule has 0 spiro atoms. The monoisotopic (exact) mass is 481 g/mol. The van der Waals surface area contributed by atoms with E-state index in [4.69, 9.17) is 9.47 Å². The van der Waals surface area contributed by atoms with Gasteiger partial charge in [0.1, 0.15) is 6.04 Å². The molecular weight excluding hydrogens is 454 g/mol. The summed E-state index contributed by atoms with van der Waals surface area (Å²) in [6, 6.07) is 11.9. The fourth-order valence-electron chi connectivity index (χ4n) is 3.52. The van der Waals surface area contributed by atoms with E-state index < -0.39 is 23.9 Å². The van der Waals surface area contributed by atoms with Crippen LogP contribution >= 0.6 is 0 Å². The van der Waals surface area contributed by atoms with Gasteiger partial charge in [-0.25, -0.2) is 4.79 Å². The van der Waals surface area contributed by atoms with Crippen LogP contribution in [-0.2, 0) is 19.1 Å². The molecule has 0 saturated carbocycles. The molecule has 0 aliphatic carbocycles. The van der Waals surface area contributed by atoms with Gasteiger partial charge in [-0.15, -0.1) is 0 Å². The number of rotatable bonds is 11. The predicted molar refractivity (Wildman–Crippen MR) is 126 cm³/mol. The minimum Gasteiger partial charge on any atom is -0.466 e. The number of amides is 3. The summed E-state index contributed by atoms with van der Waals surface area (Å²) in [5.74, 6) is -2.36. The SMILES string of the molecule is CCOC(=O)CC[C@H](NC(=O)c1ccc(NCN2C(=O)c3ccccc3C2=O)cc1)C(=O)OCC. The van der Waals surface area contributed by atoms with E-state index in [1.807, 2.05) is 0 Å². The number of ether oxygens (including phenoxy) is 2. The van der Waals surface area contributed by atoms with Crippen molar-refractivity contribution < 1.29 is 33.4 Å². The Bertz CT molecular complexity index is 1080. The molecular formula is C25H27N3O7. The second-order valence-corrected chi connectivity index (χ2v) is 7.62. The third kappa shape index (κ3) is 6.23. The maximum atomic E-state index is 12.7. The summed E-state index contributed by atoms with van der Waals surface area (Å²) in [4.78, 5) is 62.6. The molecule has 0 radical (unpaired) electrons. The number of nitrogens with zero attached hydrogens (tertiary/aromatic N) is 1. The minimum absolute atomic E-state index is 0.0311. The Balaban J connectivity index is 1.58. The maximum absolute atomic E-state index is 12.7. The Morgan fingerprint density at radius 1 is 0.886 bits per heavy atom. The molecule has 2 aromatic carbocycles. The number of nitrogens with one attached hydrogen (secondary N) is 2. The zero-order valence-electron chi connectivity index (χ0n) is 19.5. The summed E-state index contributed by atoms with van der Waals surface area (Å²) in [5.41, 5.74) is 1.60. The molecule has 0 aromatic heterocycles. The van der Waals surface area contributed by atoms with Crippen molar-refractivity contribution in [2.75, 3.05) is 25.2 Å². The Labute approximate surface area is 202 Å². The van der Waals surface area contributed by atoms with Gasteiger partial charge in [0.2, 0.25) is 0 Å².